The number of nitrogens with zero attached hydrogens (tertiary/aromatic N) is 1. The van der Waals surface area contributed by atoms with Crippen molar-refractivity contribution in [2.75, 3.05) is 32.8 Å². The van der Waals surface area contributed by atoms with Crippen molar-refractivity contribution in [2.45, 2.75) is 38.7 Å². The second kappa shape index (κ2) is 7.21. The number of hydrogen-bond acceptors (Lipinski definition) is 3. The van der Waals surface area contributed by atoms with Crippen LogP contribution in [0.3, 0.4) is 0 Å². The van der Waals surface area contributed by atoms with E-state index in [0.717, 1.165) is 39.1 Å². The molecule has 3 nitrogen and oxygen atoms in total. The van der Waals surface area contributed by atoms with Crippen LogP contribution in [0.4, 0.5) is 0 Å². The second-order valence-corrected chi connectivity index (χ2v) is 3.93. The highest BCUT2D eigenvalue weighted by atomic mass is 16.5. The number of likely N-dealkylation sites (tertiary alicyclic amines) is 1. The first-order valence-corrected chi connectivity index (χ1v) is 5.81. The summed E-state index contributed by atoms with van der Waals surface area (Å²) < 4.78 is 5.59. The maximum absolute atomic E-state index is 8.67. The Balaban J connectivity index is 2.03. The van der Waals surface area contributed by atoms with Crippen molar-refractivity contribution >= 4 is 0 Å². The summed E-state index contributed by atoms with van der Waals surface area (Å²) >= 11 is 0. The normalized spacial score (nSPS) is 20.1. The summed E-state index contributed by atoms with van der Waals surface area (Å²) in [5.74, 6) is 0. The van der Waals surface area contributed by atoms with E-state index in [1.165, 1.54) is 12.8 Å². The SMILES string of the molecule is CCOC1CCN(CCCCO)CC1. The van der Waals surface area contributed by atoms with Gasteiger partial charge in [-0.1, -0.05) is 0 Å². The Morgan fingerprint density at radius 3 is 2.57 bits per heavy atom. The highest BCUT2D eigenvalue weighted by Crippen LogP contribution is 2.13. The van der Waals surface area contributed by atoms with Crippen LogP contribution in [0, 0.1) is 0 Å². The van der Waals surface area contributed by atoms with Crippen molar-refractivity contribution in [1.82, 2.24) is 4.90 Å². The zero-order chi connectivity index (χ0) is 10.2. The van der Waals surface area contributed by atoms with Crippen molar-refractivity contribution < 1.29 is 9.84 Å². The quantitative estimate of drug-likeness (QED) is 0.657. The van der Waals surface area contributed by atoms with Crippen molar-refractivity contribution in [3.8, 4) is 0 Å². The van der Waals surface area contributed by atoms with Gasteiger partial charge in [0.25, 0.3) is 0 Å². The standard InChI is InChI=1S/C11H23NO2/c1-2-14-11-5-8-12(9-6-11)7-3-4-10-13/h11,13H,2-10H2,1H3. The van der Waals surface area contributed by atoms with Crippen LogP contribution < -0.4 is 0 Å². The number of ether oxygens (including phenoxy) is 1. The van der Waals surface area contributed by atoms with Gasteiger partial charge in [-0.25, -0.2) is 0 Å². The molecular formula is C11H23NO2. The summed E-state index contributed by atoms with van der Waals surface area (Å²) in [6.45, 7) is 6.70. The highest BCUT2D eigenvalue weighted by molar-refractivity contribution is 4.72. The second-order valence-electron chi connectivity index (χ2n) is 3.93. The van der Waals surface area contributed by atoms with Gasteiger partial charge in [0, 0.05) is 26.3 Å². The molecular weight excluding hydrogens is 178 g/mol. The third-order valence-electron chi connectivity index (χ3n) is 2.82. The lowest BCUT2D eigenvalue weighted by atomic mass is 10.1. The number of hydrogen-bond donors (Lipinski definition) is 1. The first-order valence-electron chi connectivity index (χ1n) is 5.81. The minimum absolute atomic E-state index is 0.329. The van der Waals surface area contributed by atoms with E-state index in [0.29, 0.717) is 12.7 Å². The molecule has 1 rings (SSSR count). The summed E-state index contributed by atoms with van der Waals surface area (Å²) in [6, 6.07) is 0. The highest BCUT2D eigenvalue weighted by Gasteiger charge is 2.18. The third kappa shape index (κ3) is 4.40. The van der Waals surface area contributed by atoms with E-state index in [4.69, 9.17) is 9.84 Å². The molecule has 84 valence electrons. The van der Waals surface area contributed by atoms with E-state index in [2.05, 4.69) is 11.8 Å². The van der Waals surface area contributed by atoms with Crippen LogP contribution in [0.5, 0.6) is 0 Å². The average Bonchev–Trinajstić information content (AvgIpc) is 2.21. The fourth-order valence-electron chi connectivity index (χ4n) is 1.98. The van der Waals surface area contributed by atoms with Gasteiger partial charge in [0.2, 0.25) is 0 Å². The van der Waals surface area contributed by atoms with Crippen LogP contribution in [-0.2, 0) is 4.74 Å². The molecule has 0 aromatic rings. The molecule has 1 saturated heterocycles. The van der Waals surface area contributed by atoms with Gasteiger partial charge in [-0.3, -0.25) is 0 Å². The van der Waals surface area contributed by atoms with Crippen LogP contribution in [0.1, 0.15) is 32.6 Å². The molecule has 14 heavy (non-hydrogen) atoms. The molecule has 1 fully saturated rings. The summed E-state index contributed by atoms with van der Waals surface area (Å²) in [5, 5.41) is 8.67. The molecule has 0 unspecified atom stereocenters. The lowest BCUT2D eigenvalue weighted by Crippen LogP contribution is -2.37. The largest absolute Gasteiger partial charge is 0.396 e. The van der Waals surface area contributed by atoms with Crippen LogP contribution in [0.25, 0.3) is 0 Å². The maximum Gasteiger partial charge on any atom is 0.0599 e. The molecule has 1 aliphatic heterocycles. The van der Waals surface area contributed by atoms with E-state index < -0.39 is 0 Å². The summed E-state index contributed by atoms with van der Waals surface area (Å²) in [4.78, 5) is 2.48. The average molecular weight is 201 g/mol. The number of unbranched alkanes of at least 4 members (excludes halogenated alkanes) is 1. The molecule has 1 N–H and O–H groups in total. The Morgan fingerprint density at radius 1 is 1.29 bits per heavy atom. The summed E-state index contributed by atoms with van der Waals surface area (Å²) in [7, 11) is 0. The first-order chi connectivity index (χ1) is 6.86. The van der Waals surface area contributed by atoms with E-state index in [9.17, 15) is 0 Å². The molecule has 3 heteroatoms. The minimum atomic E-state index is 0.329. The number of aliphatic hydroxyl groups is 1. The predicted octanol–water partition coefficient (Wildman–Crippen LogP) is 1.26. The van der Waals surface area contributed by atoms with Gasteiger partial charge in [-0.2, -0.15) is 0 Å². The molecule has 0 aliphatic carbocycles. The van der Waals surface area contributed by atoms with E-state index in [1.54, 1.807) is 0 Å². The van der Waals surface area contributed by atoms with Gasteiger partial charge in [0.1, 0.15) is 0 Å². The molecule has 0 spiro atoms. The number of rotatable bonds is 6. The lowest BCUT2D eigenvalue weighted by molar-refractivity contribution is 0.0138. The Hall–Kier alpha value is -0.120. The Labute approximate surface area is 87.1 Å². The summed E-state index contributed by atoms with van der Waals surface area (Å²) in [6.07, 6.45) is 4.90. The van der Waals surface area contributed by atoms with Gasteiger partial charge < -0.3 is 14.7 Å². The fraction of sp³-hybridized carbons (Fsp3) is 1.00. The third-order valence-corrected chi connectivity index (χ3v) is 2.82. The van der Waals surface area contributed by atoms with Gasteiger partial charge in [-0.05, 0) is 39.2 Å². The van der Waals surface area contributed by atoms with E-state index >= 15 is 0 Å². The summed E-state index contributed by atoms with van der Waals surface area (Å²) in [5.41, 5.74) is 0. The number of piperidine rings is 1. The van der Waals surface area contributed by atoms with Gasteiger partial charge in [-0.15, -0.1) is 0 Å². The van der Waals surface area contributed by atoms with Crippen molar-refractivity contribution in [3.05, 3.63) is 0 Å². The molecule has 1 aliphatic rings. The Kier molecular flexibility index (Phi) is 6.15. The molecule has 0 aromatic heterocycles. The smallest absolute Gasteiger partial charge is 0.0599 e. The topological polar surface area (TPSA) is 32.7 Å². The fourth-order valence-corrected chi connectivity index (χ4v) is 1.98. The maximum atomic E-state index is 8.67. The van der Waals surface area contributed by atoms with E-state index in [1.807, 2.05) is 0 Å². The molecule has 0 bridgehead atoms. The zero-order valence-electron chi connectivity index (χ0n) is 9.24. The predicted molar refractivity (Wildman–Crippen MR) is 57.4 cm³/mol. The Morgan fingerprint density at radius 2 is 2.00 bits per heavy atom. The lowest BCUT2D eigenvalue weighted by Gasteiger charge is -2.31. The molecule has 0 saturated carbocycles. The molecule has 0 amide bonds. The van der Waals surface area contributed by atoms with Crippen molar-refractivity contribution in [1.29, 1.82) is 0 Å². The molecule has 1 heterocycles. The first kappa shape index (κ1) is 12.0. The van der Waals surface area contributed by atoms with Crippen molar-refractivity contribution in [3.63, 3.8) is 0 Å². The van der Waals surface area contributed by atoms with Crippen molar-refractivity contribution in [2.24, 2.45) is 0 Å². The van der Waals surface area contributed by atoms with Crippen LogP contribution >= 0.6 is 0 Å². The monoisotopic (exact) mass is 201 g/mol. The Bertz CT molecular complexity index is 133. The molecule has 0 radical (unpaired) electrons. The zero-order valence-corrected chi connectivity index (χ0v) is 9.24. The van der Waals surface area contributed by atoms with Gasteiger partial charge in [0.05, 0.1) is 6.10 Å². The molecule has 0 aromatic carbocycles. The minimum Gasteiger partial charge on any atom is -0.396 e. The number of aliphatic hydroxyl groups excluding tert-OH is 1. The van der Waals surface area contributed by atoms with Gasteiger partial charge in [0.15, 0.2) is 0 Å². The van der Waals surface area contributed by atoms with Crippen LogP contribution in [-0.4, -0.2) is 49.0 Å². The molecule has 0 atom stereocenters. The van der Waals surface area contributed by atoms with Crippen LogP contribution in [0.2, 0.25) is 0 Å². The van der Waals surface area contributed by atoms with E-state index in [-0.39, 0.29) is 0 Å². The van der Waals surface area contributed by atoms with Crippen LogP contribution in [0.15, 0.2) is 0 Å². The van der Waals surface area contributed by atoms with Gasteiger partial charge >= 0.3 is 0 Å².